The number of anilines is 1. The van der Waals surface area contributed by atoms with Crippen LogP contribution in [0.2, 0.25) is 5.02 Å². The lowest BCUT2D eigenvalue weighted by atomic mass is 10.1. The summed E-state index contributed by atoms with van der Waals surface area (Å²) in [6.45, 7) is 2.06. The number of hydrogen-bond donors (Lipinski definition) is 1. The molecule has 2 aromatic carbocycles. The van der Waals surface area contributed by atoms with Crippen molar-refractivity contribution in [3.8, 4) is 11.5 Å². The summed E-state index contributed by atoms with van der Waals surface area (Å²) in [5.41, 5.74) is 9.34. The van der Waals surface area contributed by atoms with Crippen molar-refractivity contribution in [1.82, 2.24) is 10.1 Å². The van der Waals surface area contributed by atoms with E-state index in [1.54, 1.807) is 12.1 Å². The molecule has 4 nitrogen and oxygen atoms in total. The van der Waals surface area contributed by atoms with Crippen molar-refractivity contribution >= 4 is 17.3 Å². The van der Waals surface area contributed by atoms with Crippen molar-refractivity contribution in [2.24, 2.45) is 0 Å². The van der Waals surface area contributed by atoms with E-state index < -0.39 is 0 Å². The van der Waals surface area contributed by atoms with Crippen LogP contribution >= 0.6 is 11.6 Å². The lowest BCUT2D eigenvalue weighted by Gasteiger charge is -1.99. The van der Waals surface area contributed by atoms with Crippen LogP contribution in [-0.2, 0) is 6.42 Å². The zero-order valence-electron chi connectivity index (χ0n) is 11.5. The molecule has 0 fully saturated rings. The van der Waals surface area contributed by atoms with Gasteiger partial charge in [-0.3, -0.25) is 0 Å². The average Bonchev–Trinajstić information content (AvgIpc) is 2.93. The van der Waals surface area contributed by atoms with E-state index in [4.69, 9.17) is 21.9 Å². The maximum Gasteiger partial charge on any atom is 0.257 e. The highest BCUT2D eigenvalue weighted by Crippen LogP contribution is 2.26. The Morgan fingerprint density at radius 1 is 1.14 bits per heavy atom. The number of benzene rings is 2. The number of aryl methyl sites for hydroxylation is 1. The summed E-state index contributed by atoms with van der Waals surface area (Å²) in [7, 11) is 0. The average molecular weight is 300 g/mol. The van der Waals surface area contributed by atoms with Crippen molar-refractivity contribution in [3.63, 3.8) is 0 Å². The molecule has 0 amide bonds. The molecule has 1 aromatic heterocycles. The van der Waals surface area contributed by atoms with Gasteiger partial charge in [0, 0.05) is 12.0 Å². The molecule has 0 spiro atoms. The van der Waals surface area contributed by atoms with Gasteiger partial charge >= 0.3 is 0 Å². The molecule has 2 N–H and O–H groups in total. The topological polar surface area (TPSA) is 64.9 Å². The number of nitrogens with two attached hydrogens (primary N) is 1. The van der Waals surface area contributed by atoms with Gasteiger partial charge in [-0.2, -0.15) is 4.98 Å². The first-order chi connectivity index (χ1) is 10.1. The summed E-state index contributed by atoms with van der Waals surface area (Å²) < 4.78 is 5.28. The molecule has 106 valence electrons. The van der Waals surface area contributed by atoms with Gasteiger partial charge in [-0.15, -0.1) is 0 Å². The Kier molecular flexibility index (Phi) is 3.62. The van der Waals surface area contributed by atoms with Crippen LogP contribution in [0.15, 0.2) is 47.0 Å². The Bertz CT molecular complexity index is 765. The maximum absolute atomic E-state index is 6.00. The second-order valence-electron chi connectivity index (χ2n) is 4.91. The fraction of sp³-hybridized carbons (Fsp3) is 0.125. The molecule has 0 bridgehead atoms. The van der Waals surface area contributed by atoms with Crippen LogP contribution < -0.4 is 5.73 Å². The number of halogens is 1. The largest absolute Gasteiger partial charge is 0.398 e. The van der Waals surface area contributed by atoms with E-state index in [-0.39, 0.29) is 0 Å². The number of aromatic nitrogens is 2. The first-order valence-corrected chi connectivity index (χ1v) is 6.93. The lowest BCUT2D eigenvalue weighted by molar-refractivity contribution is 0.424. The first-order valence-electron chi connectivity index (χ1n) is 6.55. The van der Waals surface area contributed by atoms with Crippen molar-refractivity contribution in [1.29, 1.82) is 0 Å². The van der Waals surface area contributed by atoms with Crippen LogP contribution in [0.4, 0.5) is 5.69 Å². The highest BCUT2D eigenvalue weighted by Gasteiger charge is 2.10. The zero-order chi connectivity index (χ0) is 14.8. The predicted octanol–water partition coefficient (Wildman–Crippen LogP) is 3.87. The molecule has 0 aliphatic rings. The fourth-order valence-corrected chi connectivity index (χ4v) is 2.17. The van der Waals surface area contributed by atoms with Crippen LogP contribution in [-0.4, -0.2) is 10.1 Å². The van der Waals surface area contributed by atoms with Crippen LogP contribution in [0.5, 0.6) is 0 Å². The van der Waals surface area contributed by atoms with E-state index in [1.165, 1.54) is 5.56 Å². The lowest BCUT2D eigenvalue weighted by Crippen LogP contribution is -1.91. The third kappa shape index (κ3) is 3.06. The summed E-state index contributed by atoms with van der Waals surface area (Å²) >= 11 is 6.00. The molecule has 0 radical (unpaired) electrons. The summed E-state index contributed by atoms with van der Waals surface area (Å²) in [5, 5.41) is 4.48. The first kappa shape index (κ1) is 13.6. The van der Waals surface area contributed by atoms with Gasteiger partial charge in [-0.05, 0) is 30.7 Å². The number of rotatable bonds is 3. The molecule has 1 heterocycles. The number of nitrogens with zero attached hydrogens (tertiary/aromatic N) is 2. The monoisotopic (exact) mass is 299 g/mol. The van der Waals surface area contributed by atoms with Crippen LogP contribution in [0.1, 0.15) is 17.0 Å². The maximum atomic E-state index is 6.00. The fourth-order valence-electron chi connectivity index (χ4n) is 1.99. The highest BCUT2D eigenvalue weighted by molar-refractivity contribution is 6.33. The summed E-state index contributed by atoms with van der Waals surface area (Å²) in [6, 6.07) is 13.5. The Hall–Kier alpha value is -2.33. The minimum Gasteiger partial charge on any atom is -0.398 e. The van der Waals surface area contributed by atoms with Crippen molar-refractivity contribution in [2.45, 2.75) is 13.3 Å². The van der Waals surface area contributed by atoms with Gasteiger partial charge in [0.1, 0.15) is 0 Å². The van der Waals surface area contributed by atoms with Crippen LogP contribution in [0.3, 0.4) is 0 Å². The van der Waals surface area contributed by atoms with Crippen molar-refractivity contribution in [3.05, 3.63) is 64.4 Å². The third-order valence-electron chi connectivity index (χ3n) is 3.20. The Morgan fingerprint density at radius 2 is 1.90 bits per heavy atom. The molecular weight excluding hydrogens is 286 g/mol. The van der Waals surface area contributed by atoms with Gasteiger partial charge in [-0.25, -0.2) is 0 Å². The van der Waals surface area contributed by atoms with E-state index in [1.807, 2.05) is 6.07 Å². The van der Waals surface area contributed by atoms with Crippen molar-refractivity contribution in [2.75, 3.05) is 5.73 Å². The smallest absolute Gasteiger partial charge is 0.257 e. The Balaban J connectivity index is 1.82. The normalized spacial score (nSPS) is 10.8. The van der Waals surface area contributed by atoms with Crippen molar-refractivity contribution < 1.29 is 4.52 Å². The number of nitrogen functional groups attached to an aromatic ring is 1. The molecule has 0 aliphatic carbocycles. The van der Waals surface area contributed by atoms with Gasteiger partial charge < -0.3 is 10.3 Å². The molecule has 0 saturated carbocycles. The van der Waals surface area contributed by atoms with E-state index >= 15 is 0 Å². The summed E-state index contributed by atoms with van der Waals surface area (Å²) in [4.78, 5) is 4.39. The van der Waals surface area contributed by atoms with Gasteiger partial charge in [0.05, 0.1) is 10.7 Å². The van der Waals surface area contributed by atoms with Gasteiger partial charge in [0.15, 0.2) is 5.82 Å². The molecule has 3 rings (SSSR count). The molecule has 5 heteroatoms. The summed E-state index contributed by atoms with van der Waals surface area (Å²) in [5.74, 6) is 1.08. The highest BCUT2D eigenvalue weighted by atomic mass is 35.5. The summed E-state index contributed by atoms with van der Waals surface area (Å²) in [6.07, 6.45) is 0.631. The molecule has 0 saturated heterocycles. The van der Waals surface area contributed by atoms with Crippen LogP contribution in [0, 0.1) is 6.92 Å². The molecule has 0 atom stereocenters. The van der Waals surface area contributed by atoms with Gasteiger partial charge in [0.25, 0.3) is 5.89 Å². The molecule has 3 aromatic rings. The molecular formula is C16H14ClN3O. The minimum absolute atomic E-state index is 0.444. The van der Waals surface area contributed by atoms with Gasteiger partial charge in [0.2, 0.25) is 0 Å². The number of hydrogen-bond acceptors (Lipinski definition) is 4. The minimum atomic E-state index is 0.444. The Labute approximate surface area is 127 Å². The molecule has 0 aliphatic heterocycles. The Morgan fingerprint density at radius 3 is 2.62 bits per heavy atom. The van der Waals surface area contributed by atoms with E-state index in [0.29, 0.717) is 28.8 Å². The third-order valence-corrected chi connectivity index (χ3v) is 3.53. The van der Waals surface area contributed by atoms with Crippen LogP contribution in [0.25, 0.3) is 11.5 Å². The van der Waals surface area contributed by atoms with Gasteiger partial charge in [-0.1, -0.05) is 46.6 Å². The molecule has 0 unspecified atom stereocenters. The second-order valence-corrected chi connectivity index (χ2v) is 5.32. The standard InChI is InChI=1S/C16H14ClN3O/c1-10-2-4-11(5-3-10)8-15-19-16(21-20-15)12-6-7-14(18)13(17)9-12/h2-7,9H,8,18H2,1H3. The van der Waals surface area contributed by atoms with E-state index in [9.17, 15) is 0 Å². The van der Waals surface area contributed by atoms with E-state index in [2.05, 4.69) is 41.3 Å². The predicted molar refractivity (Wildman–Crippen MR) is 83.1 cm³/mol. The SMILES string of the molecule is Cc1ccc(Cc2noc(-c3ccc(N)c(Cl)c3)n2)cc1. The zero-order valence-corrected chi connectivity index (χ0v) is 12.3. The van der Waals surface area contributed by atoms with E-state index in [0.717, 1.165) is 11.1 Å². The quantitative estimate of drug-likeness (QED) is 0.746. The second kappa shape index (κ2) is 5.58. The molecule has 21 heavy (non-hydrogen) atoms.